The van der Waals surface area contributed by atoms with Crippen LogP contribution in [0.1, 0.15) is 66.7 Å². The number of rotatable bonds is 4. The molecule has 182 valence electrons. The van der Waals surface area contributed by atoms with Crippen molar-refractivity contribution in [2.24, 2.45) is 5.92 Å². The highest BCUT2D eigenvalue weighted by Crippen LogP contribution is 2.38. The normalized spacial score (nSPS) is 18.3. The molecule has 1 N–H and O–H groups in total. The molecule has 2 atom stereocenters. The van der Waals surface area contributed by atoms with E-state index < -0.39 is 0 Å². The summed E-state index contributed by atoms with van der Waals surface area (Å²) < 4.78 is 0. The van der Waals surface area contributed by atoms with Crippen LogP contribution in [0.5, 0.6) is 0 Å². The molecule has 0 spiro atoms. The number of halogens is 1. The van der Waals surface area contributed by atoms with Gasteiger partial charge in [-0.05, 0) is 66.1 Å². The van der Waals surface area contributed by atoms with E-state index in [0.29, 0.717) is 23.6 Å². The van der Waals surface area contributed by atoms with E-state index in [4.69, 9.17) is 11.6 Å². The summed E-state index contributed by atoms with van der Waals surface area (Å²) in [4.78, 5) is 29.3. The summed E-state index contributed by atoms with van der Waals surface area (Å²) in [5.41, 5.74) is 4.23. The predicted octanol–water partition coefficient (Wildman–Crippen LogP) is 7.18. The van der Waals surface area contributed by atoms with Crippen LogP contribution in [0.2, 0.25) is 5.02 Å². The molecule has 0 bridgehead atoms. The van der Waals surface area contributed by atoms with Gasteiger partial charge >= 0.3 is 0 Å². The average molecular weight is 489 g/mol. The second-order valence-electron chi connectivity index (χ2n) is 10.3. The largest absolute Gasteiger partial charge is 0.331 e. The molecule has 4 nitrogen and oxygen atoms in total. The third-order valence-electron chi connectivity index (χ3n) is 6.86. The lowest BCUT2D eigenvalue weighted by molar-refractivity contribution is -0.123. The summed E-state index contributed by atoms with van der Waals surface area (Å²) in [5.74, 6) is -0.524. The summed E-state index contributed by atoms with van der Waals surface area (Å²) in [6.45, 7) is 8.92. The Labute approximate surface area is 213 Å². The molecule has 1 heterocycles. The first-order chi connectivity index (χ1) is 16.7. The number of carbonyl (C=O) groups is 2. The van der Waals surface area contributed by atoms with E-state index in [2.05, 4.69) is 32.2 Å². The molecule has 0 saturated carbocycles. The van der Waals surface area contributed by atoms with Gasteiger partial charge in [0.15, 0.2) is 0 Å². The van der Waals surface area contributed by atoms with Gasteiger partial charge < -0.3 is 10.2 Å². The summed E-state index contributed by atoms with van der Waals surface area (Å²) in [5, 5.41) is 3.71. The van der Waals surface area contributed by atoms with Gasteiger partial charge in [0.25, 0.3) is 5.91 Å². The van der Waals surface area contributed by atoms with E-state index in [1.54, 1.807) is 12.1 Å². The first-order valence-electron chi connectivity index (χ1n) is 12.2. The number of hydrogen-bond acceptors (Lipinski definition) is 2. The number of nitrogens with one attached hydrogen (secondary N) is 1. The second-order valence-corrected chi connectivity index (χ2v) is 10.7. The maximum atomic E-state index is 13.8. The number of piperidine rings is 1. The minimum Gasteiger partial charge on any atom is -0.331 e. The highest BCUT2D eigenvalue weighted by atomic mass is 35.5. The third kappa shape index (κ3) is 5.43. The van der Waals surface area contributed by atoms with Crippen molar-refractivity contribution >= 4 is 29.1 Å². The molecule has 1 saturated heterocycles. The van der Waals surface area contributed by atoms with E-state index >= 15 is 0 Å². The molecule has 0 aliphatic carbocycles. The molecule has 1 aliphatic heterocycles. The van der Waals surface area contributed by atoms with Gasteiger partial charge in [-0.2, -0.15) is 0 Å². The SMILES string of the molecule is Cc1c(Cl)cccc1C(=O)N1CCC[C@H](C(=O)Nc2cccc(C(C)(C)C)c2)[C@@H]1c1ccccc1. The van der Waals surface area contributed by atoms with E-state index in [0.717, 1.165) is 28.8 Å². The number of likely N-dealkylation sites (tertiary alicyclic amines) is 1. The molecule has 0 aromatic heterocycles. The molecule has 1 aliphatic rings. The van der Waals surface area contributed by atoms with Crippen molar-refractivity contribution in [3.8, 4) is 0 Å². The summed E-state index contributed by atoms with van der Waals surface area (Å²) in [6.07, 6.45) is 1.47. The minimum absolute atomic E-state index is 0.0177. The molecule has 0 radical (unpaired) electrons. The molecule has 0 unspecified atom stereocenters. The van der Waals surface area contributed by atoms with Crippen LogP contribution in [-0.2, 0) is 10.2 Å². The van der Waals surface area contributed by atoms with Crippen LogP contribution >= 0.6 is 11.6 Å². The van der Waals surface area contributed by atoms with E-state index in [9.17, 15) is 9.59 Å². The Kier molecular flexibility index (Phi) is 7.32. The number of carbonyl (C=O) groups excluding carboxylic acids is 2. The predicted molar refractivity (Wildman–Crippen MR) is 143 cm³/mol. The Morgan fingerprint density at radius 2 is 1.69 bits per heavy atom. The maximum Gasteiger partial charge on any atom is 0.254 e. The lowest BCUT2D eigenvalue weighted by Gasteiger charge is -2.41. The van der Waals surface area contributed by atoms with Gasteiger partial charge in [0.05, 0.1) is 12.0 Å². The number of anilines is 1. The monoisotopic (exact) mass is 488 g/mol. The van der Waals surface area contributed by atoms with Crippen molar-refractivity contribution in [2.75, 3.05) is 11.9 Å². The van der Waals surface area contributed by atoms with Gasteiger partial charge in [0, 0.05) is 22.8 Å². The van der Waals surface area contributed by atoms with Crippen LogP contribution in [0.4, 0.5) is 5.69 Å². The summed E-state index contributed by atoms with van der Waals surface area (Å²) >= 11 is 6.33. The molecule has 4 rings (SSSR count). The zero-order valence-corrected chi connectivity index (χ0v) is 21.6. The summed E-state index contributed by atoms with van der Waals surface area (Å²) in [6, 6.07) is 22.9. The molecule has 1 fully saturated rings. The minimum atomic E-state index is -0.368. The van der Waals surface area contributed by atoms with Crippen LogP contribution in [0.3, 0.4) is 0 Å². The molecule has 3 aromatic carbocycles. The lowest BCUT2D eigenvalue weighted by atomic mass is 9.83. The Morgan fingerprint density at radius 3 is 2.40 bits per heavy atom. The lowest BCUT2D eigenvalue weighted by Crippen LogP contribution is -2.46. The van der Waals surface area contributed by atoms with Crippen LogP contribution in [0.15, 0.2) is 72.8 Å². The number of nitrogens with zero attached hydrogens (tertiary/aromatic N) is 1. The fourth-order valence-corrected chi connectivity index (χ4v) is 5.03. The zero-order valence-electron chi connectivity index (χ0n) is 20.8. The fourth-order valence-electron chi connectivity index (χ4n) is 4.85. The number of amides is 2. The highest BCUT2D eigenvalue weighted by molar-refractivity contribution is 6.31. The molecule has 3 aromatic rings. The van der Waals surface area contributed by atoms with Gasteiger partial charge in [-0.3, -0.25) is 9.59 Å². The van der Waals surface area contributed by atoms with Crippen LogP contribution < -0.4 is 5.32 Å². The Balaban J connectivity index is 1.68. The quantitative estimate of drug-likeness (QED) is 0.423. The van der Waals surface area contributed by atoms with Crippen LogP contribution in [0, 0.1) is 12.8 Å². The molecule has 35 heavy (non-hydrogen) atoms. The maximum absolute atomic E-state index is 13.8. The average Bonchev–Trinajstić information content (AvgIpc) is 2.85. The summed E-state index contributed by atoms with van der Waals surface area (Å²) in [7, 11) is 0. The van der Waals surface area contributed by atoms with E-state index in [1.807, 2.05) is 66.4 Å². The van der Waals surface area contributed by atoms with Crippen LogP contribution in [-0.4, -0.2) is 23.3 Å². The van der Waals surface area contributed by atoms with Gasteiger partial charge in [-0.15, -0.1) is 0 Å². The third-order valence-corrected chi connectivity index (χ3v) is 7.27. The topological polar surface area (TPSA) is 49.4 Å². The fraction of sp³-hybridized carbons (Fsp3) is 0.333. The number of hydrogen-bond donors (Lipinski definition) is 1. The van der Waals surface area contributed by atoms with Crippen molar-refractivity contribution < 1.29 is 9.59 Å². The molecule has 2 amide bonds. The number of benzene rings is 3. The molecular weight excluding hydrogens is 456 g/mol. The van der Waals surface area contributed by atoms with Gasteiger partial charge in [-0.25, -0.2) is 0 Å². The van der Waals surface area contributed by atoms with Crippen molar-refractivity contribution in [2.45, 2.75) is 52.0 Å². The smallest absolute Gasteiger partial charge is 0.254 e. The Morgan fingerprint density at radius 1 is 0.971 bits per heavy atom. The van der Waals surface area contributed by atoms with Gasteiger partial charge in [0.2, 0.25) is 5.91 Å². The second kappa shape index (κ2) is 10.2. The van der Waals surface area contributed by atoms with Gasteiger partial charge in [0.1, 0.15) is 0 Å². The Hall–Kier alpha value is -3.11. The van der Waals surface area contributed by atoms with Crippen molar-refractivity contribution in [3.63, 3.8) is 0 Å². The molecular formula is C30H33ClN2O2. The van der Waals surface area contributed by atoms with Gasteiger partial charge in [-0.1, -0.05) is 80.9 Å². The highest BCUT2D eigenvalue weighted by Gasteiger charge is 2.40. The van der Waals surface area contributed by atoms with Crippen molar-refractivity contribution in [3.05, 3.63) is 100 Å². The Bertz CT molecular complexity index is 1220. The van der Waals surface area contributed by atoms with Crippen molar-refractivity contribution in [1.82, 2.24) is 4.90 Å². The standard InChI is InChI=1S/C30H33ClN2O2/c1-20-24(15-9-17-26(20)31)29(35)33-18-10-16-25(27(33)21-11-6-5-7-12-21)28(34)32-23-14-8-13-22(19-23)30(2,3)4/h5-9,11-15,17,19,25,27H,10,16,18H2,1-4H3,(H,32,34)/t25-,27-/m0/s1. The van der Waals surface area contributed by atoms with E-state index in [-0.39, 0.29) is 29.2 Å². The first kappa shape index (κ1) is 25.0. The first-order valence-corrected chi connectivity index (χ1v) is 12.6. The van der Waals surface area contributed by atoms with Crippen molar-refractivity contribution in [1.29, 1.82) is 0 Å². The van der Waals surface area contributed by atoms with Crippen LogP contribution in [0.25, 0.3) is 0 Å². The van der Waals surface area contributed by atoms with E-state index in [1.165, 1.54) is 0 Å². The zero-order chi connectivity index (χ0) is 25.2. The molecule has 5 heteroatoms.